The van der Waals surface area contributed by atoms with Crippen LogP contribution in [0.25, 0.3) is 0 Å². The number of nitrogens with one attached hydrogen (secondary N) is 1. The molecule has 11 heavy (non-hydrogen) atoms. The van der Waals surface area contributed by atoms with E-state index in [1.807, 2.05) is 0 Å². The summed E-state index contributed by atoms with van der Waals surface area (Å²) in [6.45, 7) is 1.53. The summed E-state index contributed by atoms with van der Waals surface area (Å²) in [4.78, 5) is 3.69. The Morgan fingerprint density at radius 2 is 2.82 bits per heavy atom. The third kappa shape index (κ3) is 1.29. The SMILES string of the molecule is [3H]N=C(c1nc([3H])c([3H])c(N)c1C)N([3H])[3H]. The molecule has 0 aliphatic carbocycles. The van der Waals surface area contributed by atoms with Crippen LogP contribution in [0.1, 0.15) is 14.0 Å². The zero-order valence-electron chi connectivity index (χ0n) is 10.9. The highest BCUT2D eigenvalue weighted by atomic mass is 14.8. The molecule has 58 valence electrons. The van der Waals surface area contributed by atoms with Crippen LogP contribution in [0.3, 0.4) is 0 Å². The van der Waals surface area contributed by atoms with E-state index >= 15 is 0 Å². The molecule has 1 aromatic heterocycles. The molecule has 0 aliphatic heterocycles. The number of nitrogen functional groups attached to an aromatic ring is 2. The number of hydrogen-bond acceptors (Lipinski definition) is 3. The number of hydrogen-bond donors (Lipinski definition) is 3. The predicted octanol–water partition coefficient (Wildman–Crippen LogP) is 0.256. The van der Waals surface area contributed by atoms with Crippen molar-refractivity contribution >= 4 is 11.5 Å². The highest BCUT2D eigenvalue weighted by molar-refractivity contribution is 5.95. The lowest BCUT2D eigenvalue weighted by atomic mass is 10.2. The normalized spacial score (nSPS) is 17.5. The third-order valence-electron chi connectivity index (χ3n) is 1.33. The lowest BCUT2D eigenvalue weighted by molar-refractivity contribution is 1.21. The Morgan fingerprint density at radius 1 is 2.00 bits per heavy atom. The lowest BCUT2D eigenvalue weighted by Gasteiger charge is -2.03. The third-order valence-corrected chi connectivity index (χ3v) is 1.33. The summed E-state index contributed by atoms with van der Waals surface area (Å²) in [6.07, 6.45) is -0.374. The summed E-state index contributed by atoms with van der Waals surface area (Å²) in [6, 6.07) is -0.216. The number of anilines is 1. The first-order chi connectivity index (χ1) is 7.40. The number of nitrogens with zero attached hydrogens (tertiary/aromatic N) is 1. The molecule has 0 fully saturated rings. The van der Waals surface area contributed by atoms with Gasteiger partial charge in [-0.3, -0.25) is 10.4 Å². The van der Waals surface area contributed by atoms with Gasteiger partial charge < -0.3 is 11.5 Å². The Labute approximate surface area is 71.9 Å². The molecular weight excluding hydrogens is 140 g/mol. The lowest BCUT2D eigenvalue weighted by Crippen LogP contribution is -2.15. The first kappa shape index (κ1) is 3.21. The quantitative estimate of drug-likeness (QED) is 0.406. The van der Waals surface area contributed by atoms with Gasteiger partial charge in [0.2, 0.25) is 0 Å². The molecule has 1 rings (SSSR count). The first-order valence-corrected chi connectivity index (χ1v) is 2.93. The van der Waals surface area contributed by atoms with Crippen LogP contribution in [-0.4, -0.2) is 10.8 Å². The average molecular weight is 160 g/mol. The zero-order valence-corrected chi connectivity index (χ0v) is 5.92. The van der Waals surface area contributed by atoms with E-state index in [0.29, 0.717) is 5.56 Å². The maximum absolute atomic E-state index is 7.42. The Balaban J connectivity index is 3.47. The van der Waals surface area contributed by atoms with E-state index in [1.165, 1.54) is 6.92 Å². The Kier molecular flexibility index (Phi) is 0.752. The summed E-state index contributed by atoms with van der Waals surface area (Å²) >= 11 is 0. The molecule has 1 aromatic rings. The summed E-state index contributed by atoms with van der Waals surface area (Å²) in [5.74, 6) is -0.349. The van der Waals surface area contributed by atoms with E-state index < -0.39 is 0 Å². The van der Waals surface area contributed by atoms with Gasteiger partial charge in [-0.25, -0.2) is 0 Å². The van der Waals surface area contributed by atoms with Crippen LogP contribution in [0.4, 0.5) is 5.69 Å². The van der Waals surface area contributed by atoms with Gasteiger partial charge >= 0.3 is 0 Å². The summed E-state index contributed by atoms with van der Waals surface area (Å²) in [5.41, 5.74) is 6.06. The number of amidine groups is 1. The summed E-state index contributed by atoms with van der Waals surface area (Å²) in [7, 11) is 0. The molecule has 5 N–H and O–H groups in total. The largest absolute Gasteiger partial charge is 0.398 e. The molecule has 0 radical (unpaired) electrons. The zero-order chi connectivity index (χ0) is 12.5. The molecule has 0 spiro atoms. The van der Waals surface area contributed by atoms with Gasteiger partial charge in [0, 0.05) is 17.4 Å². The Morgan fingerprint density at radius 3 is 3.45 bits per heavy atom. The fourth-order valence-electron chi connectivity index (χ4n) is 0.667. The van der Waals surface area contributed by atoms with Crippen LogP contribution in [0.5, 0.6) is 0 Å². The van der Waals surface area contributed by atoms with Gasteiger partial charge in [-0.15, -0.1) is 0 Å². The van der Waals surface area contributed by atoms with Crippen LogP contribution in [0.2, 0.25) is 4.24 Å². The van der Waals surface area contributed by atoms with Crippen molar-refractivity contribution in [1.82, 2.24) is 4.98 Å². The van der Waals surface area contributed by atoms with Crippen molar-refractivity contribution in [2.75, 3.05) is 5.73 Å². The van der Waals surface area contributed by atoms with Gasteiger partial charge in [-0.05, 0) is 13.0 Å². The second-order valence-electron chi connectivity index (χ2n) is 2.06. The first-order valence-electron chi connectivity index (χ1n) is 5.27. The maximum atomic E-state index is 7.42. The van der Waals surface area contributed by atoms with Crippen LogP contribution >= 0.6 is 0 Å². The van der Waals surface area contributed by atoms with Crippen molar-refractivity contribution in [1.29, 1.82) is 5.40 Å². The van der Waals surface area contributed by atoms with Crippen molar-refractivity contribution in [2.24, 2.45) is 5.72 Å². The van der Waals surface area contributed by atoms with Crippen molar-refractivity contribution in [3.8, 4) is 0 Å². The van der Waals surface area contributed by atoms with E-state index in [0.717, 1.165) is 0 Å². The minimum atomic E-state index is -0.374. The smallest absolute Gasteiger partial charge is 0.189 e. The molecule has 0 saturated heterocycles. The molecule has 0 amide bonds. The Bertz CT molecular complexity index is 445. The van der Waals surface area contributed by atoms with Gasteiger partial charge in [0.15, 0.2) is 4.24 Å². The molecule has 0 atom stereocenters. The minimum absolute atomic E-state index is 0.00139. The second-order valence-corrected chi connectivity index (χ2v) is 2.06. The molecule has 4 heteroatoms. The van der Waals surface area contributed by atoms with Crippen molar-refractivity contribution in [2.45, 2.75) is 6.92 Å². The van der Waals surface area contributed by atoms with Gasteiger partial charge in [-0.2, -0.15) is 0 Å². The summed E-state index contributed by atoms with van der Waals surface area (Å²) < 4.78 is 35.7. The van der Waals surface area contributed by atoms with Gasteiger partial charge in [0.25, 0.3) is 0 Å². The number of rotatable bonds is 1. The molecule has 4 nitrogen and oxygen atoms in total. The maximum Gasteiger partial charge on any atom is 0.189 e. The van der Waals surface area contributed by atoms with Gasteiger partial charge in [0.1, 0.15) is 11.5 Å². The van der Waals surface area contributed by atoms with Crippen LogP contribution in [0.15, 0.2) is 12.2 Å². The number of nitrogens with two attached hydrogens (primary N) is 2. The number of aromatic nitrogens is 1. The Hall–Kier alpha value is -1.58. The topological polar surface area (TPSA) is 88.8 Å². The minimum Gasteiger partial charge on any atom is -0.398 e. The predicted molar refractivity (Wildman–Crippen MR) is 44.4 cm³/mol. The van der Waals surface area contributed by atoms with Crippen LogP contribution in [0, 0.1) is 12.3 Å². The molecule has 0 unspecified atom stereocenters. The van der Waals surface area contributed by atoms with Crippen molar-refractivity contribution < 1.29 is 6.98 Å². The standard InChI is InChI=1S/C7H10N4/c1-4-5(8)2-3-11-6(4)7(9)10/h2-3H,1H3,(H2,8,11)(H3,9,10)/i2T,3T/hT3. The van der Waals surface area contributed by atoms with E-state index in [1.54, 1.807) is 0 Å². The van der Waals surface area contributed by atoms with Gasteiger partial charge in [0.05, 0.1) is 2.74 Å². The van der Waals surface area contributed by atoms with E-state index in [-0.39, 0.29) is 35.2 Å². The highest BCUT2D eigenvalue weighted by Gasteiger charge is 2.03. The molecule has 0 bridgehead atoms. The van der Waals surface area contributed by atoms with Crippen molar-refractivity contribution in [3.05, 3.63) is 23.5 Å². The summed E-state index contributed by atoms with van der Waals surface area (Å²) in [5, 5.41) is 2.99. The molecule has 0 aliphatic rings. The van der Waals surface area contributed by atoms with Crippen LogP contribution < -0.4 is 11.5 Å². The molecular formula is C7H10N4. The fourth-order valence-corrected chi connectivity index (χ4v) is 0.667. The average Bonchev–Trinajstić information content (AvgIpc) is 2.23. The van der Waals surface area contributed by atoms with Gasteiger partial charge in [-0.1, -0.05) is 0 Å². The monoisotopic (exact) mass is 160 g/mol. The van der Waals surface area contributed by atoms with Crippen LogP contribution in [-0.2, 0) is 0 Å². The van der Waals surface area contributed by atoms with E-state index in [9.17, 15) is 0 Å². The number of pyridine rings is 1. The van der Waals surface area contributed by atoms with E-state index in [4.69, 9.17) is 12.7 Å². The highest BCUT2D eigenvalue weighted by Crippen LogP contribution is 2.11. The van der Waals surface area contributed by atoms with E-state index in [2.05, 4.69) is 10.4 Å². The molecule has 0 saturated carbocycles. The second kappa shape index (κ2) is 2.57. The van der Waals surface area contributed by atoms with Crippen molar-refractivity contribution in [3.63, 3.8) is 0 Å². The fraction of sp³-hybridized carbons (Fsp3) is 0.143. The molecule has 1 heterocycles. The molecule has 0 aromatic carbocycles.